The van der Waals surface area contributed by atoms with Gasteiger partial charge in [0.25, 0.3) is 0 Å². The highest BCUT2D eigenvalue weighted by Crippen LogP contribution is 2.28. The van der Waals surface area contributed by atoms with Crippen molar-refractivity contribution in [3.05, 3.63) is 23.9 Å². The van der Waals surface area contributed by atoms with Gasteiger partial charge in [-0.1, -0.05) is 25.3 Å². The van der Waals surface area contributed by atoms with E-state index in [2.05, 4.69) is 10.3 Å². The van der Waals surface area contributed by atoms with Crippen LogP contribution in [0.4, 0.5) is 0 Å². The van der Waals surface area contributed by atoms with Gasteiger partial charge in [-0.25, -0.2) is 4.98 Å². The summed E-state index contributed by atoms with van der Waals surface area (Å²) in [6.07, 6.45) is 5.76. The molecule has 2 N–H and O–H groups in total. The van der Waals surface area contributed by atoms with Gasteiger partial charge in [0.05, 0.1) is 19.4 Å². The summed E-state index contributed by atoms with van der Waals surface area (Å²) in [6, 6.07) is 5.75. The van der Waals surface area contributed by atoms with Gasteiger partial charge in [-0.2, -0.15) is 0 Å². The predicted molar refractivity (Wildman–Crippen MR) is 70.5 cm³/mol. The number of pyridine rings is 1. The van der Waals surface area contributed by atoms with E-state index in [0.29, 0.717) is 12.4 Å². The maximum absolute atomic E-state index is 9.61. The molecule has 100 valence electrons. The van der Waals surface area contributed by atoms with Gasteiger partial charge in [0.15, 0.2) is 0 Å². The Balaban J connectivity index is 1.96. The fourth-order valence-corrected chi connectivity index (χ4v) is 2.57. The predicted octanol–water partition coefficient (Wildman–Crippen LogP) is 1.87. The minimum Gasteiger partial charge on any atom is -0.481 e. The van der Waals surface area contributed by atoms with E-state index in [1.807, 2.05) is 18.2 Å². The van der Waals surface area contributed by atoms with Crippen molar-refractivity contribution in [3.8, 4) is 5.88 Å². The second-order valence-corrected chi connectivity index (χ2v) is 5.02. The Kier molecular flexibility index (Phi) is 4.55. The van der Waals surface area contributed by atoms with E-state index < -0.39 is 0 Å². The highest BCUT2D eigenvalue weighted by Gasteiger charge is 2.30. The Labute approximate surface area is 108 Å². The summed E-state index contributed by atoms with van der Waals surface area (Å²) in [4.78, 5) is 4.37. The van der Waals surface area contributed by atoms with E-state index >= 15 is 0 Å². The van der Waals surface area contributed by atoms with Crippen molar-refractivity contribution in [1.82, 2.24) is 10.3 Å². The van der Waals surface area contributed by atoms with E-state index in [-0.39, 0.29) is 12.1 Å². The second-order valence-electron chi connectivity index (χ2n) is 5.02. The molecule has 1 aromatic heterocycles. The van der Waals surface area contributed by atoms with Crippen molar-refractivity contribution in [2.75, 3.05) is 13.7 Å². The molecule has 0 bridgehead atoms. The van der Waals surface area contributed by atoms with Crippen molar-refractivity contribution < 1.29 is 9.84 Å². The summed E-state index contributed by atoms with van der Waals surface area (Å²) in [5.41, 5.74) is 0.843. The molecule has 0 saturated heterocycles. The van der Waals surface area contributed by atoms with Gasteiger partial charge < -0.3 is 15.2 Å². The monoisotopic (exact) mass is 250 g/mol. The molecule has 0 aromatic carbocycles. The average Bonchev–Trinajstić information content (AvgIpc) is 2.46. The molecule has 0 atom stereocenters. The first-order valence-corrected chi connectivity index (χ1v) is 6.64. The molecule has 1 heterocycles. The normalized spacial score (nSPS) is 18.6. The molecule has 0 spiro atoms. The molecule has 1 aromatic rings. The Bertz CT molecular complexity index is 376. The molecule has 4 heteroatoms. The number of aromatic nitrogens is 1. The summed E-state index contributed by atoms with van der Waals surface area (Å²) < 4.78 is 5.11. The first-order valence-electron chi connectivity index (χ1n) is 6.64. The van der Waals surface area contributed by atoms with E-state index in [9.17, 15) is 5.11 Å². The van der Waals surface area contributed by atoms with E-state index in [1.165, 1.54) is 19.3 Å². The summed E-state index contributed by atoms with van der Waals surface area (Å²) in [7, 11) is 1.62. The van der Waals surface area contributed by atoms with Crippen LogP contribution in [0, 0.1) is 0 Å². The molecular formula is C14H22N2O2. The zero-order valence-electron chi connectivity index (χ0n) is 11.0. The molecular weight excluding hydrogens is 228 g/mol. The number of aliphatic hydroxyl groups is 1. The molecule has 1 aliphatic rings. The molecule has 18 heavy (non-hydrogen) atoms. The van der Waals surface area contributed by atoms with Crippen LogP contribution in [-0.2, 0) is 6.54 Å². The molecule has 2 rings (SSSR count). The lowest BCUT2D eigenvalue weighted by molar-refractivity contribution is 0.119. The van der Waals surface area contributed by atoms with Gasteiger partial charge in [-0.15, -0.1) is 0 Å². The van der Waals surface area contributed by atoms with Gasteiger partial charge in [0, 0.05) is 18.2 Å². The number of nitrogens with zero attached hydrogens (tertiary/aromatic N) is 1. The highest BCUT2D eigenvalue weighted by atomic mass is 16.5. The number of hydrogen-bond donors (Lipinski definition) is 2. The molecule has 0 amide bonds. The van der Waals surface area contributed by atoms with E-state index in [1.54, 1.807) is 7.11 Å². The first kappa shape index (κ1) is 13.3. The van der Waals surface area contributed by atoms with Gasteiger partial charge in [0.2, 0.25) is 5.88 Å². The summed E-state index contributed by atoms with van der Waals surface area (Å²) in [5.74, 6) is 0.635. The fraction of sp³-hybridized carbons (Fsp3) is 0.643. The zero-order chi connectivity index (χ0) is 12.8. The van der Waals surface area contributed by atoms with Crippen LogP contribution < -0.4 is 10.1 Å². The van der Waals surface area contributed by atoms with Gasteiger partial charge in [0.1, 0.15) is 0 Å². The number of aliphatic hydroxyl groups excluding tert-OH is 1. The van der Waals surface area contributed by atoms with Crippen LogP contribution in [0.2, 0.25) is 0 Å². The topological polar surface area (TPSA) is 54.4 Å². The van der Waals surface area contributed by atoms with Crippen LogP contribution in [0.1, 0.15) is 37.8 Å². The first-order chi connectivity index (χ1) is 8.78. The van der Waals surface area contributed by atoms with E-state index in [0.717, 1.165) is 18.5 Å². The van der Waals surface area contributed by atoms with Crippen LogP contribution in [0.25, 0.3) is 0 Å². The number of methoxy groups -OCH3 is 1. The number of rotatable bonds is 5. The lowest BCUT2D eigenvalue weighted by Gasteiger charge is -2.36. The Morgan fingerprint density at radius 3 is 2.78 bits per heavy atom. The maximum Gasteiger partial charge on any atom is 0.213 e. The Morgan fingerprint density at radius 2 is 2.11 bits per heavy atom. The number of nitrogens with one attached hydrogen (secondary N) is 1. The minimum atomic E-state index is -0.108. The fourth-order valence-electron chi connectivity index (χ4n) is 2.57. The van der Waals surface area contributed by atoms with Crippen molar-refractivity contribution in [1.29, 1.82) is 0 Å². The lowest BCUT2D eigenvalue weighted by atomic mass is 9.82. The van der Waals surface area contributed by atoms with Gasteiger partial charge in [-0.05, 0) is 18.9 Å². The molecule has 0 unspecified atom stereocenters. The Morgan fingerprint density at radius 1 is 1.33 bits per heavy atom. The standard InChI is InChI=1S/C14H22N2O2/c1-18-13-7-5-6-12(16-13)10-15-14(11-17)8-3-2-4-9-14/h5-7,15,17H,2-4,8-11H2,1H3. The third-order valence-corrected chi connectivity index (χ3v) is 3.75. The average molecular weight is 250 g/mol. The number of ether oxygens (including phenoxy) is 1. The van der Waals surface area contributed by atoms with Crippen molar-refractivity contribution in [2.45, 2.75) is 44.2 Å². The summed E-state index contributed by atoms with van der Waals surface area (Å²) in [6.45, 7) is 0.884. The van der Waals surface area contributed by atoms with Crippen LogP contribution >= 0.6 is 0 Å². The minimum absolute atomic E-state index is 0.108. The van der Waals surface area contributed by atoms with Crippen LogP contribution in [0.3, 0.4) is 0 Å². The molecule has 0 aliphatic heterocycles. The highest BCUT2D eigenvalue weighted by molar-refractivity contribution is 5.15. The second kappa shape index (κ2) is 6.16. The van der Waals surface area contributed by atoms with Crippen molar-refractivity contribution >= 4 is 0 Å². The molecule has 1 fully saturated rings. The maximum atomic E-state index is 9.61. The zero-order valence-corrected chi connectivity index (χ0v) is 11.0. The molecule has 1 aliphatic carbocycles. The van der Waals surface area contributed by atoms with Gasteiger partial charge >= 0.3 is 0 Å². The van der Waals surface area contributed by atoms with Crippen LogP contribution in [0.5, 0.6) is 5.88 Å². The van der Waals surface area contributed by atoms with Crippen molar-refractivity contribution in [3.63, 3.8) is 0 Å². The molecule has 1 saturated carbocycles. The smallest absolute Gasteiger partial charge is 0.213 e. The van der Waals surface area contributed by atoms with Gasteiger partial charge in [-0.3, -0.25) is 0 Å². The molecule has 0 radical (unpaired) electrons. The van der Waals surface area contributed by atoms with Crippen molar-refractivity contribution in [2.24, 2.45) is 0 Å². The van der Waals surface area contributed by atoms with Crippen LogP contribution in [0.15, 0.2) is 18.2 Å². The summed E-state index contributed by atoms with van der Waals surface area (Å²) >= 11 is 0. The van der Waals surface area contributed by atoms with E-state index in [4.69, 9.17) is 4.74 Å². The lowest BCUT2D eigenvalue weighted by Crippen LogP contribution is -2.49. The van der Waals surface area contributed by atoms with Crippen LogP contribution in [-0.4, -0.2) is 29.3 Å². The largest absolute Gasteiger partial charge is 0.481 e. The third kappa shape index (κ3) is 3.21. The Hall–Kier alpha value is -1.13. The quantitative estimate of drug-likeness (QED) is 0.837. The molecule has 4 nitrogen and oxygen atoms in total. The number of hydrogen-bond acceptors (Lipinski definition) is 4. The SMILES string of the molecule is COc1cccc(CNC2(CO)CCCCC2)n1. The third-order valence-electron chi connectivity index (χ3n) is 3.75. The summed E-state index contributed by atoms with van der Waals surface area (Å²) in [5, 5.41) is 13.1.